The van der Waals surface area contributed by atoms with Crippen LogP contribution in [0.5, 0.6) is 0 Å². The summed E-state index contributed by atoms with van der Waals surface area (Å²) in [5.74, 6) is 0.766. The largest absolute Gasteiger partial charge is 0.444 e. The molecule has 1 aromatic heterocycles. The topological polar surface area (TPSA) is 63.2 Å². The van der Waals surface area contributed by atoms with Crippen molar-refractivity contribution in [3.05, 3.63) is 18.3 Å². The summed E-state index contributed by atoms with van der Waals surface area (Å²) >= 11 is 0. The van der Waals surface area contributed by atoms with Gasteiger partial charge in [-0.15, -0.1) is 0 Å². The Labute approximate surface area is 114 Å². The Balaban J connectivity index is 2.60. The third kappa shape index (κ3) is 6.64. The minimum Gasteiger partial charge on any atom is -0.444 e. The molecule has 0 radical (unpaired) electrons. The number of hydrogen-bond acceptors (Lipinski definition) is 4. The third-order valence-corrected chi connectivity index (χ3v) is 1.91. The molecule has 1 amide bonds. The Bertz CT molecular complexity index is 427. The average molecular weight is 265 g/mol. The van der Waals surface area contributed by atoms with Gasteiger partial charge in [-0.1, -0.05) is 0 Å². The standard InChI is InChI=1S/C14H23N3O2/c1-13(2,3)17-11-8-7-10(9-15-11)16-12(18)19-14(4,5)6/h7-9H,1-6H3,(H,15,17)(H,16,18). The highest BCUT2D eigenvalue weighted by atomic mass is 16.6. The molecule has 106 valence electrons. The summed E-state index contributed by atoms with van der Waals surface area (Å²) in [5, 5.41) is 5.88. The van der Waals surface area contributed by atoms with E-state index in [9.17, 15) is 4.79 Å². The van der Waals surface area contributed by atoms with Crippen LogP contribution in [0, 0.1) is 0 Å². The average Bonchev–Trinajstić information content (AvgIpc) is 2.15. The highest BCUT2D eigenvalue weighted by Gasteiger charge is 2.16. The molecule has 5 nitrogen and oxygen atoms in total. The van der Waals surface area contributed by atoms with Gasteiger partial charge in [0, 0.05) is 5.54 Å². The molecule has 0 aliphatic heterocycles. The molecule has 0 aliphatic rings. The second-order valence-corrected chi connectivity index (χ2v) is 6.43. The van der Waals surface area contributed by atoms with E-state index < -0.39 is 11.7 Å². The third-order valence-electron chi connectivity index (χ3n) is 1.91. The van der Waals surface area contributed by atoms with Crippen LogP contribution in [0.3, 0.4) is 0 Å². The summed E-state index contributed by atoms with van der Waals surface area (Å²) in [6, 6.07) is 3.60. The molecule has 0 aliphatic carbocycles. The first-order chi connectivity index (χ1) is 8.55. The molecule has 19 heavy (non-hydrogen) atoms. The van der Waals surface area contributed by atoms with E-state index in [2.05, 4.69) is 36.4 Å². The normalized spacial score (nSPS) is 11.9. The summed E-state index contributed by atoms with van der Waals surface area (Å²) in [5.41, 5.74) is 0.0481. The summed E-state index contributed by atoms with van der Waals surface area (Å²) in [7, 11) is 0. The van der Waals surface area contributed by atoms with Crippen LogP contribution in [0.1, 0.15) is 41.5 Å². The van der Waals surface area contributed by atoms with Gasteiger partial charge in [-0.2, -0.15) is 0 Å². The van der Waals surface area contributed by atoms with Crippen LogP contribution in [-0.2, 0) is 4.74 Å². The minimum atomic E-state index is -0.509. The Morgan fingerprint density at radius 1 is 1.16 bits per heavy atom. The van der Waals surface area contributed by atoms with Crippen LogP contribution in [0.2, 0.25) is 0 Å². The minimum absolute atomic E-state index is 0.0485. The number of aromatic nitrogens is 1. The first-order valence-corrected chi connectivity index (χ1v) is 6.29. The van der Waals surface area contributed by atoms with Crippen molar-refractivity contribution >= 4 is 17.6 Å². The molecule has 0 atom stereocenters. The van der Waals surface area contributed by atoms with Crippen molar-refractivity contribution in [3.8, 4) is 0 Å². The summed E-state index contributed by atoms with van der Waals surface area (Å²) < 4.78 is 5.16. The fourth-order valence-corrected chi connectivity index (χ4v) is 1.35. The maximum Gasteiger partial charge on any atom is 0.412 e. The molecule has 0 unspecified atom stereocenters. The fourth-order valence-electron chi connectivity index (χ4n) is 1.35. The molecule has 0 aromatic carbocycles. The number of carbonyl (C=O) groups excluding carboxylic acids is 1. The Morgan fingerprint density at radius 3 is 2.21 bits per heavy atom. The lowest BCUT2D eigenvalue weighted by Gasteiger charge is -2.21. The van der Waals surface area contributed by atoms with Crippen molar-refractivity contribution in [3.63, 3.8) is 0 Å². The first-order valence-electron chi connectivity index (χ1n) is 6.29. The van der Waals surface area contributed by atoms with Crippen LogP contribution in [0.25, 0.3) is 0 Å². The summed E-state index contributed by atoms with van der Waals surface area (Å²) in [6.45, 7) is 11.6. The van der Waals surface area contributed by atoms with E-state index in [-0.39, 0.29) is 5.54 Å². The van der Waals surface area contributed by atoms with Crippen molar-refractivity contribution in [2.24, 2.45) is 0 Å². The zero-order chi connectivity index (χ0) is 14.7. The molecule has 1 rings (SSSR count). The van der Waals surface area contributed by atoms with Crippen LogP contribution >= 0.6 is 0 Å². The number of rotatable bonds is 2. The van der Waals surface area contributed by atoms with Gasteiger partial charge in [0.25, 0.3) is 0 Å². The Morgan fingerprint density at radius 2 is 1.79 bits per heavy atom. The fraction of sp³-hybridized carbons (Fsp3) is 0.571. The number of carbonyl (C=O) groups is 1. The van der Waals surface area contributed by atoms with Crippen LogP contribution in [0.4, 0.5) is 16.3 Å². The van der Waals surface area contributed by atoms with Gasteiger partial charge in [0.2, 0.25) is 0 Å². The SMILES string of the molecule is CC(C)(C)Nc1ccc(NC(=O)OC(C)(C)C)cn1. The van der Waals surface area contributed by atoms with E-state index in [1.54, 1.807) is 12.3 Å². The molecule has 2 N–H and O–H groups in total. The van der Waals surface area contributed by atoms with Gasteiger partial charge >= 0.3 is 6.09 Å². The predicted octanol–water partition coefficient (Wildman–Crippen LogP) is 3.64. The smallest absolute Gasteiger partial charge is 0.412 e. The number of nitrogens with one attached hydrogen (secondary N) is 2. The van der Waals surface area contributed by atoms with E-state index in [1.807, 2.05) is 26.8 Å². The van der Waals surface area contributed by atoms with E-state index in [1.165, 1.54) is 0 Å². The molecule has 0 bridgehead atoms. The monoisotopic (exact) mass is 265 g/mol. The number of amides is 1. The van der Waals surface area contributed by atoms with Crippen LogP contribution in [0.15, 0.2) is 18.3 Å². The van der Waals surface area contributed by atoms with E-state index >= 15 is 0 Å². The molecule has 1 heterocycles. The summed E-state index contributed by atoms with van der Waals surface area (Å²) in [6.07, 6.45) is 1.11. The Kier molecular flexibility index (Phi) is 4.39. The van der Waals surface area contributed by atoms with Gasteiger partial charge in [-0.25, -0.2) is 9.78 Å². The van der Waals surface area contributed by atoms with Crippen molar-refractivity contribution in [1.29, 1.82) is 0 Å². The van der Waals surface area contributed by atoms with Crippen LogP contribution in [-0.4, -0.2) is 22.2 Å². The van der Waals surface area contributed by atoms with Gasteiger partial charge in [-0.05, 0) is 53.7 Å². The highest BCUT2D eigenvalue weighted by molar-refractivity contribution is 5.84. The second kappa shape index (κ2) is 5.47. The molecule has 0 fully saturated rings. The first kappa shape index (κ1) is 15.3. The predicted molar refractivity (Wildman–Crippen MR) is 77.5 cm³/mol. The van der Waals surface area contributed by atoms with E-state index in [0.717, 1.165) is 5.82 Å². The van der Waals surface area contributed by atoms with Crippen molar-refractivity contribution in [2.45, 2.75) is 52.7 Å². The number of hydrogen-bond donors (Lipinski definition) is 2. The van der Waals surface area contributed by atoms with Crippen molar-refractivity contribution < 1.29 is 9.53 Å². The lowest BCUT2D eigenvalue weighted by atomic mass is 10.1. The molecular formula is C14H23N3O2. The number of pyridine rings is 1. The quantitative estimate of drug-likeness (QED) is 0.857. The Hall–Kier alpha value is -1.78. The van der Waals surface area contributed by atoms with Crippen LogP contribution < -0.4 is 10.6 Å². The van der Waals surface area contributed by atoms with Crippen molar-refractivity contribution in [1.82, 2.24) is 4.98 Å². The molecule has 0 spiro atoms. The zero-order valence-electron chi connectivity index (χ0n) is 12.5. The number of nitrogens with zero attached hydrogens (tertiary/aromatic N) is 1. The highest BCUT2D eigenvalue weighted by Crippen LogP contribution is 2.15. The van der Waals surface area contributed by atoms with Gasteiger partial charge in [0.1, 0.15) is 11.4 Å². The lowest BCUT2D eigenvalue weighted by Crippen LogP contribution is -2.27. The molecule has 0 saturated carbocycles. The zero-order valence-corrected chi connectivity index (χ0v) is 12.5. The van der Waals surface area contributed by atoms with Gasteiger partial charge in [-0.3, -0.25) is 5.32 Å². The maximum atomic E-state index is 11.6. The molecule has 5 heteroatoms. The van der Waals surface area contributed by atoms with Gasteiger partial charge in [0.05, 0.1) is 11.9 Å². The maximum absolute atomic E-state index is 11.6. The second-order valence-electron chi connectivity index (χ2n) is 6.43. The lowest BCUT2D eigenvalue weighted by molar-refractivity contribution is 0.0636. The van der Waals surface area contributed by atoms with Gasteiger partial charge < -0.3 is 10.1 Å². The van der Waals surface area contributed by atoms with Crippen molar-refractivity contribution in [2.75, 3.05) is 10.6 Å². The van der Waals surface area contributed by atoms with E-state index in [4.69, 9.17) is 4.74 Å². The number of anilines is 2. The summed E-state index contributed by atoms with van der Waals surface area (Å²) in [4.78, 5) is 15.8. The molecule has 0 saturated heterocycles. The van der Waals surface area contributed by atoms with E-state index in [0.29, 0.717) is 5.69 Å². The van der Waals surface area contributed by atoms with Gasteiger partial charge in [0.15, 0.2) is 0 Å². The number of ether oxygens (including phenoxy) is 1. The molecular weight excluding hydrogens is 242 g/mol. The molecule has 1 aromatic rings.